The van der Waals surface area contributed by atoms with Crippen LogP contribution in [0.5, 0.6) is 5.75 Å². The zero-order valence-corrected chi connectivity index (χ0v) is 11.6. The molecule has 0 N–H and O–H groups in total. The Kier molecular flexibility index (Phi) is 2.92. The fraction of sp³-hybridized carbons (Fsp3) is 0.467. The summed E-state index contributed by atoms with van der Waals surface area (Å²) in [4.78, 5) is 26.2. The normalized spacial score (nSPS) is 18.1. The van der Waals surface area contributed by atoms with Gasteiger partial charge >= 0.3 is 5.97 Å². The molecule has 2 aliphatic rings. The van der Waals surface area contributed by atoms with E-state index in [2.05, 4.69) is 0 Å². The quantitative estimate of drug-likeness (QED) is 0.784. The third-order valence-corrected chi connectivity index (χ3v) is 3.99. The highest BCUT2D eigenvalue weighted by Gasteiger charge is 2.60. The summed E-state index contributed by atoms with van der Waals surface area (Å²) in [6.07, 6.45) is 1.59. The number of hydrogen-bond acceptors (Lipinski definition) is 5. The molecular formula is C15H17NO4. The molecule has 3 rings (SSSR count). The maximum Gasteiger partial charge on any atom is 0.325 e. The molecule has 1 aromatic carbocycles. The minimum Gasteiger partial charge on any atom is -0.497 e. The number of ketones is 1. The number of Topliss-reactive ketones (excluding diaryl/α,β-unsaturated/α-hetero) is 1. The minimum absolute atomic E-state index is 0.0932. The number of ether oxygens (including phenoxy) is 2. The van der Waals surface area contributed by atoms with Crippen LogP contribution in [0, 0.1) is 0 Å². The predicted octanol–water partition coefficient (Wildman–Crippen LogP) is 1.79. The highest BCUT2D eigenvalue weighted by molar-refractivity contribution is 6.16. The van der Waals surface area contributed by atoms with Gasteiger partial charge in [0.1, 0.15) is 17.8 Å². The van der Waals surface area contributed by atoms with Crippen LogP contribution in [0.25, 0.3) is 0 Å². The maximum atomic E-state index is 12.5. The number of fused-ring (bicyclic) bond motifs is 1. The predicted molar refractivity (Wildman–Crippen MR) is 73.3 cm³/mol. The molecule has 1 saturated carbocycles. The third-order valence-electron chi connectivity index (χ3n) is 3.99. The fourth-order valence-electron chi connectivity index (χ4n) is 2.85. The standard InChI is InChI=1S/C15H17NO4/c1-3-20-13(17)9-16-12-5-4-10(19-2)8-11(12)14(18)15(16)6-7-15/h4-5,8H,3,6-7,9H2,1-2H3. The topological polar surface area (TPSA) is 55.8 Å². The number of carbonyl (C=O) groups is 2. The third kappa shape index (κ3) is 1.77. The monoisotopic (exact) mass is 275 g/mol. The Morgan fingerprint density at radius 1 is 1.40 bits per heavy atom. The van der Waals surface area contributed by atoms with Crippen LogP contribution in [0.2, 0.25) is 0 Å². The number of anilines is 1. The van der Waals surface area contributed by atoms with E-state index in [9.17, 15) is 9.59 Å². The number of rotatable bonds is 4. The summed E-state index contributed by atoms with van der Waals surface area (Å²) in [6.45, 7) is 2.25. The zero-order valence-electron chi connectivity index (χ0n) is 11.6. The van der Waals surface area contributed by atoms with Crippen molar-refractivity contribution in [3.63, 3.8) is 0 Å². The Hall–Kier alpha value is -2.04. The van der Waals surface area contributed by atoms with Gasteiger partial charge in [0.25, 0.3) is 0 Å². The highest BCUT2D eigenvalue weighted by Crippen LogP contribution is 2.53. The van der Waals surface area contributed by atoms with Gasteiger partial charge in [0, 0.05) is 11.3 Å². The Morgan fingerprint density at radius 3 is 2.75 bits per heavy atom. The summed E-state index contributed by atoms with van der Waals surface area (Å²) < 4.78 is 10.2. The SMILES string of the molecule is CCOC(=O)CN1c2ccc(OC)cc2C(=O)C12CC2. The largest absolute Gasteiger partial charge is 0.497 e. The van der Waals surface area contributed by atoms with Crippen molar-refractivity contribution < 1.29 is 19.1 Å². The van der Waals surface area contributed by atoms with Crippen LogP contribution in [0.1, 0.15) is 30.1 Å². The van der Waals surface area contributed by atoms with Gasteiger partial charge in [-0.25, -0.2) is 0 Å². The van der Waals surface area contributed by atoms with Crippen molar-refractivity contribution in [2.24, 2.45) is 0 Å². The van der Waals surface area contributed by atoms with Crippen LogP contribution in [-0.4, -0.2) is 37.6 Å². The summed E-state index contributed by atoms with van der Waals surface area (Å²) in [7, 11) is 1.57. The Bertz CT molecular complexity index is 577. The molecule has 0 saturated heterocycles. The summed E-state index contributed by atoms with van der Waals surface area (Å²) in [5.74, 6) is 0.455. The molecule has 5 heteroatoms. The molecule has 0 radical (unpaired) electrons. The molecule has 5 nitrogen and oxygen atoms in total. The van der Waals surface area contributed by atoms with Crippen LogP contribution in [0.4, 0.5) is 5.69 Å². The molecule has 106 valence electrons. The first kappa shape index (κ1) is 13.0. The van der Waals surface area contributed by atoms with Crippen LogP contribution < -0.4 is 9.64 Å². The van der Waals surface area contributed by atoms with Gasteiger partial charge in [-0.3, -0.25) is 9.59 Å². The molecule has 0 atom stereocenters. The molecule has 0 amide bonds. The van der Waals surface area contributed by atoms with Gasteiger partial charge in [-0.1, -0.05) is 0 Å². The van der Waals surface area contributed by atoms with E-state index in [1.165, 1.54) is 0 Å². The van der Waals surface area contributed by atoms with Gasteiger partial charge in [-0.2, -0.15) is 0 Å². The molecular weight excluding hydrogens is 258 g/mol. The first-order valence-electron chi connectivity index (χ1n) is 6.78. The van der Waals surface area contributed by atoms with Crippen LogP contribution >= 0.6 is 0 Å². The van der Waals surface area contributed by atoms with Gasteiger partial charge in [0.15, 0.2) is 5.78 Å². The summed E-state index contributed by atoms with van der Waals surface area (Å²) in [6, 6.07) is 5.41. The minimum atomic E-state index is -0.512. The van der Waals surface area contributed by atoms with Crippen LogP contribution in [-0.2, 0) is 9.53 Å². The second-order valence-corrected chi connectivity index (χ2v) is 5.13. The van der Waals surface area contributed by atoms with Gasteiger partial charge in [-0.05, 0) is 38.0 Å². The lowest BCUT2D eigenvalue weighted by Gasteiger charge is -2.24. The molecule has 1 fully saturated rings. The Labute approximate surface area is 117 Å². The van der Waals surface area contributed by atoms with E-state index in [0.29, 0.717) is 17.9 Å². The maximum absolute atomic E-state index is 12.5. The lowest BCUT2D eigenvalue weighted by molar-refractivity contribution is -0.141. The van der Waals surface area contributed by atoms with E-state index in [4.69, 9.17) is 9.47 Å². The highest BCUT2D eigenvalue weighted by atomic mass is 16.5. The van der Waals surface area contributed by atoms with Crippen molar-refractivity contribution in [1.82, 2.24) is 0 Å². The molecule has 0 aromatic heterocycles. The second-order valence-electron chi connectivity index (χ2n) is 5.13. The van der Waals surface area contributed by atoms with Crippen LogP contribution in [0.3, 0.4) is 0 Å². The Balaban J connectivity index is 1.95. The average molecular weight is 275 g/mol. The van der Waals surface area contributed by atoms with E-state index in [0.717, 1.165) is 18.5 Å². The first-order valence-corrected chi connectivity index (χ1v) is 6.78. The van der Waals surface area contributed by atoms with Gasteiger partial charge in [0.2, 0.25) is 0 Å². The summed E-state index contributed by atoms with van der Waals surface area (Å²) in [5.41, 5.74) is 0.939. The summed E-state index contributed by atoms with van der Waals surface area (Å²) >= 11 is 0. The molecule has 1 aromatic rings. The van der Waals surface area contributed by atoms with Crippen LogP contribution in [0.15, 0.2) is 18.2 Å². The number of benzene rings is 1. The second kappa shape index (κ2) is 4.51. The molecule has 1 aliphatic heterocycles. The van der Waals surface area contributed by atoms with E-state index in [1.807, 2.05) is 17.0 Å². The van der Waals surface area contributed by atoms with Crippen molar-refractivity contribution in [3.05, 3.63) is 23.8 Å². The molecule has 0 unspecified atom stereocenters. The van der Waals surface area contributed by atoms with Gasteiger partial charge < -0.3 is 14.4 Å². The van der Waals surface area contributed by atoms with Crippen molar-refractivity contribution in [2.75, 3.05) is 25.2 Å². The Morgan fingerprint density at radius 2 is 2.15 bits per heavy atom. The van der Waals surface area contributed by atoms with Gasteiger partial charge in [-0.15, -0.1) is 0 Å². The average Bonchev–Trinajstić information content (AvgIpc) is 3.21. The lowest BCUT2D eigenvalue weighted by atomic mass is 10.1. The summed E-state index contributed by atoms with van der Waals surface area (Å²) in [5, 5.41) is 0. The smallest absolute Gasteiger partial charge is 0.325 e. The molecule has 0 bridgehead atoms. The number of carbonyl (C=O) groups excluding carboxylic acids is 2. The molecule has 1 aliphatic carbocycles. The first-order chi connectivity index (χ1) is 9.62. The lowest BCUT2D eigenvalue weighted by Crippen LogP contribution is -2.41. The molecule has 1 spiro atoms. The fourth-order valence-corrected chi connectivity index (χ4v) is 2.85. The zero-order chi connectivity index (χ0) is 14.3. The van der Waals surface area contributed by atoms with E-state index < -0.39 is 5.54 Å². The number of hydrogen-bond donors (Lipinski definition) is 0. The van der Waals surface area contributed by atoms with Crippen molar-refractivity contribution in [2.45, 2.75) is 25.3 Å². The molecule has 1 heterocycles. The number of methoxy groups -OCH3 is 1. The van der Waals surface area contributed by atoms with Crippen molar-refractivity contribution in [1.29, 1.82) is 0 Å². The molecule has 20 heavy (non-hydrogen) atoms. The number of esters is 1. The van der Waals surface area contributed by atoms with E-state index in [1.54, 1.807) is 20.1 Å². The van der Waals surface area contributed by atoms with Gasteiger partial charge in [0.05, 0.1) is 13.7 Å². The van der Waals surface area contributed by atoms with Crippen molar-refractivity contribution in [3.8, 4) is 5.75 Å². The van der Waals surface area contributed by atoms with E-state index >= 15 is 0 Å². The van der Waals surface area contributed by atoms with E-state index in [-0.39, 0.29) is 18.3 Å². The van der Waals surface area contributed by atoms with Crippen molar-refractivity contribution >= 4 is 17.4 Å². The number of nitrogens with zero attached hydrogens (tertiary/aromatic N) is 1.